The standard InChI is InChI=1S/C29H35N3O5/c1-9-36-28(34)25-18(3)31-27(32-26(25)30-16-20-10-12-22(35-8)13-11-20)24-17(2)14-21(29(5,6)7)15-23(24)37-19(4)33/h10-15H,9,16H2,1-8H3,(H,30,31,32). The van der Waals surface area contributed by atoms with Gasteiger partial charge in [0.1, 0.15) is 22.9 Å². The van der Waals surface area contributed by atoms with Crippen LogP contribution in [0, 0.1) is 13.8 Å². The minimum Gasteiger partial charge on any atom is -0.497 e. The maximum Gasteiger partial charge on any atom is 0.343 e. The SMILES string of the molecule is CCOC(=O)c1c(C)nc(-c2c(C)cc(C(C)(C)C)cc2OC(C)=O)nc1NCc1ccc(OC)cc1. The van der Waals surface area contributed by atoms with Crippen LogP contribution in [-0.2, 0) is 21.5 Å². The van der Waals surface area contributed by atoms with Gasteiger partial charge in [0.15, 0.2) is 5.82 Å². The van der Waals surface area contributed by atoms with Crippen molar-refractivity contribution in [3.8, 4) is 22.9 Å². The van der Waals surface area contributed by atoms with Crippen LogP contribution in [-0.4, -0.2) is 35.6 Å². The second-order valence-electron chi connectivity index (χ2n) is 9.79. The number of aryl methyl sites for hydroxylation is 2. The number of benzene rings is 2. The number of nitrogens with one attached hydrogen (secondary N) is 1. The third-order valence-electron chi connectivity index (χ3n) is 5.83. The fourth-order valence-electron chi connectivity index (χ4n) is 3.90. The summed E-state index contributed by atoms with van der Waals surface area (Å²) in [7, 11) is 1.62. The predicted octanol–water partition coefficient (Wildman–Crippen LogP) is 5.78. The van der Waals surface area contributed by atoms with E-state index in [9.17, 15) is 9.59 Å². The van der Waals surface area contributed by atoms with Crippen LogP contribution in [0.1, 0.15) is 67.4 Å². The Hall–Kier alpha value is -3.94. The monoisotopic (exact) mass is 505 g/mol. The van der Waals surface area contributed by atoms with E-state index < -0.39 is 11.9 Å². The van der Waals surface area contributed by atoms with Gasteiger partial charge < -0.3 is 19.5 Å². The van der Waals surface area contributed by atoms with Gasteiger partial charge in [0.2, 0.25) is 0 Å². The summed E-state index contributed by atoms with van der Waals surface area (Å²) in [4.78, 5) is 34.2. The van der Waals surface area contributed by atoms with Gasteiger partial charge in [-0.3, -0.25) is 4.79 Å². The molecule has 0 unspecified atom stereocenters. The zero-order chi connectivity index (χ0) is 27.3. The van der Waals surface area contributed by atoms with E-state index in [0.717, 1.165) is 22.4 Å². The van der Waals surface area contributed by atoms with Crippen LogP contribution in [0.5, 0.6) is 11.5 Å². The molecule has 0 spiro atoms. The number of hydrogen-bond acceptors (Lipinski definition) is 8. The van der Waals surface area contributed by atoms with Crippen LogP contribution in [0.2, 0.25) is 0 Å². The Morgan fingerprint density at radius 2 is 1.70 bits per heavy atom. The number of ether oxygens (including phenoxy) is 3. The number of carbonyl (C=O) groups excluding carboxylic acids is 2. The van der Waals surface area contributed by atoms with Gasteiger partial charge in [-0.05, 0) is 61.1 Å². The molecule has 0 bridgehead atoms. The highest BCUT2D eigenvalue weighted by atomic mass is 16.5. The maximum atomic E-state index is 12.8. The molecular weight excluding hydrogens is 470 g/mol. The van der Waals surface area contributed by atoms with E-state index in [1.807, 2.05) is 43.3 Å². The van der Waals surface area contributed by atoms with Gasteiger partial charge in [0, 0.05) is 13.5 Å². The Morgan fingerprint density at radius 1 is 1.03 bits per heavy atom. The van der Waals surface area contributed by atoms with Crippen LogP contribution in [0.15, 0.2) is 36.4 Å². The van der Waals surface area contributed by atoms with Crippen LogP contribution in [0.3, 0.4) is 0 Å². The number of hydrogen-bond donors (Lipinski definition) is 1. The lowest BCUT2D eigenvalue weighted by atomic mass is 9.85. The normalized spacial score (nSPS) is 11.1. The average Bonchev–Trinajstić information content (AvgIpc) is 2.81. The van der Waals surface area contributed by atoms with Crippen molar-refractivity contribution in [2.45, 2.75) is 60.4 Å². The second-order valence-corrected chi connectivity index (χ2v) is 9.79. The summed E-state index contributed by atoms with van der Waals surface area (Å²) in [6, 6.07) is 11.5. The van der Waals surface area contributed by atoms with Crippen molar-refractivity contribution in [1.29, 1.82) is 0 Å². The summed E-state index contributed by atoms with van der Waals surface area (Å²) < 4.78 is 16.1. The number of anilines is 1. The molecule has 196 valence electrons. The van der Waals surface area contributed by atoms with Crippen LogP contribution in [0.25, 0.3) is 11.4 Å². The first-order chi connectivity index (χ1) is 17.4. The lowest BCUT2D eigenvalue weighted by Crippen LogP contribution is -2.16. The number of esters is 2. The van der Waals surface area contributed by atoms with Crippen LogP contribution in [0.4, 0.5) is 5.82 Å². The third kappa shape index (κ3) is 6.64. The van der Waals surface area contributed by atoms with Gasteiger partial charge in [-0.15, -0.1) is 0 Å². The molecule has 8 heteroatoms. The van der Waals surface area contributed by atoms with Gasteiger partial charge in [-0.2, -0.15) is 0 Å². The highest BCUT2D eigenvalue weighted by Crippen LogP contribution is 2.37. The zero-order valence-corrected chi connectivity index (χ0v) is 22.8. The molecular formula is C29H35N3O5. The lowest BCUT2D eigenvalue weighted by molar-refractivity contribution is -0.131. The lowest BCUT2D eigenvalue weighted by Gasteiger charge is -2.23. The predicted molar refractivity (Wildman–Crippen MR) is 143 cm³/mol. The molecule has 3 rings (SSSR count). The molecule has 0 fully saturated rings. The van der Waals surface area contributed by atoms with Gasteiger partial charge >= 0.3 is 11.9 Å². The zero-order valence-electron chi connectivity index (χ0n) is 22.8. The first kappa shape index (κ1) is 27.6. The highest BCUT2D eigenvalue weighted by Gasteiger charge is 2.25. The average molecular weight is 506 g/mol. The largest absolute Gasteiger partial charge is 0.497 e. The van der Waals surface area contributed by atoms with Crippen molar-refractivity contribution in [3.05, 3.63) is 64.3 Å². The first-order valence-electron chi connectivity index (χ1n) is 12.2. The van der Waals surface area contributed by atoms with Crippen molar-refractivity contribution in [2.24, 2.45) is 0 Å². The fraction of sp³-hybridized carbons (Fsp3) is 0.379. The first-order valence-corrected chi connectivity index (χ1v) is 12.2. The van der Waals surface area contributed by atoms with Crippen molar-refractivity contribution >= 4 is 17.8 Å². The van der Waals surface area contributed by atoms with E-state index in [0.29, 0.717) is 35.2 Å². The van der Waals surface area contributed by atoms with Crippen molar-refractivity contribution < 1.29 is 23.8 Å². The molecule has 0 amide bonds. The van der Waals surface area contributed by atoms with Gasteiger partial charge in [-0.1, -0.05) is 39.0 Å². The van der Waals surface area contributed by atoms with E-state index in [-0.39, 0.29) is 17.6 Å². The summed E-state index contributed by atoms with van der Waals surface area (Å²) in [6.45, 7) is 13.7. The third-order valence-corrected chi connectivity index (χ3v) is 5.83. The molecule has 0 aliphatic carbocycles. The van der Waals surface area contributed by atoms with E-state index in [4.69, 9.17) is 19.2 Å². The molecule has 3 aromatic rings. The minimum absolute atomic E-state index is 0.159. The fourth-order valence-corrected chi connectivity index (χ4v) is 3.90. The summed E-state index contributed by atoms with van der Waals surface area (Å²) in [5, 5.41) is 3.27. The number of carbonyl (C=O) groups is 2. The summed E-state index contributed by atoms with van der Waals surface area (Å²) >= 11 is 0. The molecule has 2 aromatic carbocycles. The number of methoxy groups -OCH3 is 1. The molecule has 1 N–H and O–H groups in total. The Kier molecular flexibility index (Phi) is 8.53. The molecule has 0 aliphatic rings. The molecule has 0 saturated heterocycles. The van der Waals surface area contributed by atoms with Gasteiger partial charge in [0.25, 0.3) is 0 Å². The molecule has 0 aliphatic heterocycles. The summed E-state index contributed by atoms with van der Waals surface area (Å²) in [5.74, 6) is 0.861. The Labute approximate surface area is 218 Å². The Bertz CT molecular complexity index is 1290. The van der Waals surface area contributed by atoms with Gasteiger partial charge in [-0.25, -0.2) is 14.8 Å². The topological polar surface area (TPSA) is 99.6 Å². The minimum atomic E-state index is -0.510. The van der Waals surface area contributed by atoms with Gasteiger partial charge in [0.05, 0.1) is 25.0 Å². The molecule has 0 saturated carbocycles. The Morgan fingerprint density at radius 3 is 2.27 bits per heavy atom. The molecule has 1 heterocycles. The van der Waals surface area contributed by atoms with Crippen molar-refractivity contribution in [2.75, 3.05) is 19.0 Å². The second kappa shape index (κ2) is 11.4. The van der Waals surface area contributed by atoms with E-state index in [2.05, 4.69) is 31.1 Å². The number of aromatic nitrogens is 2. The van der Waals surface area contributed by atoms with E-state index >= 15 is 0 Å². The molecule has 8 nitrogen and oxygen atoms in total. The van der Waals surface area contributed by atoms with Crippen molar-refractivity contribution in [1.82, 2.24) is 9.97 Å². The summed E-state index contributed by atoms with van der Waals surface area (Å²) in [5.41, 5.74) is 3.99. The highest BCUT2D eigenvalue weighted by molar-refractivity contribution is 5.96. The molecule has 37 heavy (non-hydrogen) atoms. The maximum absolute atomic E-state index is 12.8. The molecule has 1 aromatic heterocycles. The van der Waals surface area contributed by atoms with E-state index in [1.165, 1.54) is 6.92 Å². The Balaban J connectivity index is 2.14. The van der Waals surface area contributed by atoms with Crippen molar-refractivity contribution in [3.63, 3.8) is 0 Å². The van der Waals surface area contributed by atoms with E-state index in [1.54, 1.807) is 21.0 Å². The quantitative estimate of drug-likeness (QED) is 0.304. The number of nitrogens with zero attached hydrogens (tertiary/aromatic N) is 2. The van der Waals surface area contributed by atoms with Crippen LogP contribution >= 0.6 is 0 Å². The summed E-state index contributed by atoms with van der Waals surface area (Å²) in [6.07, 6.45) is 0. The smallest absolute Gasteiger partial charge is 0.343 e. The van der Waals surface area contributed by atoms with Crippen LogP contribution < -0.4 is 14.8 Å². The molecule has 0 radical (unpaired) electrons. The number of rotatable bonds is 8. The molecule has 0 atom stereocenters.